The fourth-order valence-electron chi connectivity index (χ4n) is 6.90. The van der Waals surface area contributed by atoms with Crippen LogP contribution in [0.3, 0.4) is 0 Å². The van der Waals surface area contributed by atoms with Crippen molar-refractivity contribution in [1.29, 1.82) is 0 Å². The monoisotopic (exact) mass is 550 g/mol. The molecule has 0 aliphatic rings. The first-order valence-electron chi connectivity index (χ1n) is 14.5. The lowest BCUT2D eigenvalue weighted by Gasteiger charge is -2.09. The van der Waals surface area contributed by atoms with E-state index in [1.165, 1.54) is 43.4 Å². The van der Waals surface area contributed by atoms with Crippen LogP contribution < -0.4 is 0 Å². The van der Waals surface area contributed by atoms with Crippen LogP contribution in [0.1, 0.15) is 0 Å². The quantitative estimate of drug-likeness (QED) is 0.215. The molecular weight excluding hydrogens is 528 g/mol. The Labute approximate surface area is 245 Å². The second-order valence-electron chi connectivity index (χ2n) is 11.1. The smallest absolute Gasteiger partial charge is 0.227 e. The Bertz CT molecular complexity index is 2630. The first-order valence-corrected chi connectivity index (χ1v) is 14.5. The van der Waals surface area contributed by atoms with Gasteiger partial charge in [0.15, 0.2) is 5.58 Å². The van der Waals surface area contributed by atoms with Crippen LogP contribution in [0.5, 0.6) is 0 Å². The summed E-state index contributed by atoms with van der Waals surface area (Å²) in [5, 5.41) is 9.58. The molecule has 4 heteroatoms. The molecule has 7 aromatic carbocycles. The number of benzene rings is 7. The normalized spacial score (nSPS) is 12.2. The van der Waals surface area contributed by atoms with Gasteiger partial charge in [0.05, 0.1) is 16.4 Å². The fraction of sp³-hybridized carbons (Fsp3) is 0. The lowest BCUT2D eigenvalue weighted by Crippen LogP contribution is -1.94. The molecule has 0 saturated heterocycles. The number of hydrogen-bond acceptors (Lipinski definition) is 3. The van der Waals surface area contributed by atoms with Gasteiger partial charge in [-0.1, -0.05) is 78.9 Å². The Hall–Kier alpha value is -5.87. The molecule has 0 aliphatic heterocycles. The summed E-state index contributed by atoms with van der Waals surface area (Å²) in [6, 6.07) is 46.8. The van der Waals surface area contributed by atoms with E-state index in [-0.39, 0.29) is 0 Å². The van der Waals surface area contributed by atoms with E-state index in [0.717, 1.165) is 44.3 Å². The third-order valence-corrected chi connectivity index (χ3v) is 8.81. The van der Waals surface area contributed by atoms with Crippen molar-refractivity contribution in [2.75, 3.05) is 0 Å². The average molecular weight is 551 g/mol. The predicted octanol–water partition coefficient (Wildman–Crippen LogP) is 10.8. The number of hydrogen-bond donors (Lipinski definition) is 0. The van der Waals surface area contributed by atoms with Crippen LogP contribution in [0.4, 0.5) is 0 Å². The first-order chi connectivity index (χ1) is 21.3. The largest absolute Gasteiger partial charge is 0.456 e. The average Bonchev–Trinajstić information content (AvgIpc) is 3.76. The summed E-state index contributed by atoms with van der Waals surface area (Å²) in [5.41, 5.74) is 7.62. The molecule has 0 unspecified atom stereocenters. The Kier molecular flexibility index (Phi) is 4.42. The summed E-state index contributed by atoms with van der Waals surface area (Å²) in [7, 11) is 0. The van der Waals surface area contributed by atoms with E-state index in [0.29, 0.717) is 5.89 Å². The molecule has 0 saturated carbocycles. The second-order valence-corrected chi connectivity index (χ2v) is 11.1. The summed E-state index contributed by atoms with van der Waals surface area (Å²) < 4.78 is 14.9. The summed E-state index contributed by atoms with van der Waals surface area (Å²) in [6.45, 7) is 0. The van der Waals surface area contributed by atoms with Crippen LogP contribution in [0.15, 0.2) is 142 Å². The summed E-state index contributed by atoms with van der Waals surface area (Å²) in [5.74, 6) is 0.596. The van der Waals surface area contributed by atoms with Gasteiger partial charge in [-0.05, 0) is 76.1 Å². The molecular formula is C39H22N2O2. The minimum atomic E-state index is 0.596. The van der Waals surface area contributed by atoms with Crippen LogP contribution in [-0.4, -0.2) is 9.55 Å². The molecule has 200 valence electrons. The van der Waals surface area contributed by atoms with Crippen LogP contribution in [0, 0.1) is 0 Å². The van der Waals surface area contributed by atoms with E-state index in [1.807, 2.05) is 30.3 Å². The topological polar surface area (TPSA) is 44.1 Å². The van der Waals surface area contributed by atoms with Gasteiger partial charge in [0, 0.05) is 27.4 Å². The fourth-order valence-corrected chi connectivity index (χ4v) is 6.90. The van der Waals surface area contributed by atoms with E-state index in [2.05, 4.69) is 108 Å². The molecule has 0 amide bonds. The van der Waals surface area contributed by atoms with E-state index >= 15 is 0 Å². The minimum absolute atomic E-state index is 0.596. The molecule has 0 fully saturated rings. The van der Waals surface area contributed by atoms with Crippen molar-refractivity contribution in [3.8, 4) is 17.1 Å². The lowest BCUT2D eigenvalue weighted by molar-refractivity contribution is 0.622. The molecule has 4 nitrogen and oxygen atoms in total. The van der Waals surface area contributed by atoms with Crippen LogP contribution in [0.2, 0.25) is 0 Å². The van der Waals surface area contributed by atoms with Crippen LogP contribution in [-0.2, 0) is 0 Å². The molecule has 3 aromatic heterocycles. The van der Waals surface area contributed by atoms with E-state index in [1.54, 1.807) is 0 Å². The first kappa shape index (κ1) is 22.8. The van der Waals surface area contributed by atoms with Gasteiger partial charge < -0.3 is 13.4 Å². The Morgan fingerprint density at radius 1 is 0.465 bits per heavy atom. The van der Waals surface area contributed by atoms with Crippen molar-refractivity contribution < 1.29 is 8.83 Å². The van der Waals surface area contributed by atoms with Crippen molar-refractivity contribution >= 4 is 76.4 Å². The molecule has 0 spiro atoms. The second kappa shape index (κ2) is 8.34. The maximum atomic E-state index is 6.42. The molecule has 10 rings (SSSR count). The predicted molar refractivity (Wildman–Crippen MR) is 176 cm³/mol. The summed E-state index contributed by atoms with van der Waals surface area (Å²) in [6.07, 6.45) is 0. The molecule has 0 atom stereocenters. The standard InChI is InChI=1S/C39H22N2O2/c1-3-9-27-23(7-1)15-20-31-35(27)36-28-10-4-2-8-24(28)16-21-32(36)41(31)26-17-13-25(14-18-26)39-40-30-19-22-34-37(38(30)43-39)29-11-5-6-12-33(29)42-34/h1-22H. The van der Waals surface area contributed by atoms with Crippen molar-refractivity contribution in [3.05, 3.63) is 133 Å². The number of oxazole rings is 1. The number of para-hydroxylation sites is 1. The van der Waals surface area contributed by atoms with Gasteiger partial charge >= 0.3 is 0 Å². The zero-order valence-electron chi connectivity index (χ0n) is 22.9. The highest BCUT2D eigenvalue weighted by atomic mass is 16.4. The minimum Gasteiger partial charge on any atom is -0.456 e. The lowest BCUT2D eigenvalue weighted by atomic mass is 10.00. The van der Waals surface area contributed by atoms with Crippen LogP contribution >= 0.6 is 0 Å². The SMILES string of the molecule is c1ccc2c(c1)ccc1c2c2c3ccccc3ccc2n1-c1ccc(-c2nc3ccc4oc5ccccc5c4c3o2)cc1. The Morgan fingerprint density at radius 2 is 1.09 bits per heavy atom. The molecule has 0 radical (unpaired) electrons. The van der Waals surface area contributed by atoms with Crippen molar-refractivity contribution in [3.63, 3.8) is 0 Å². The van der Waals surface area contributed by atoms with Crippen molar-refractivity contribution in [2.24, 2.45) is 0 Å². The van der Waals surface area contributed by atoms with Gasteiger partial charge in [0.1, 0.15) is 16.7 Å². The van der Waals surface area contributed by atoms with Gasteiger partial charge in [-0.2, -0.15) is 0 Å². The third kappa shape index (κ3) is 3.12. The molecule has 3 heterocycles. The van der Waals surface area contributed by atoms with Crippen molar-refractivity contribution in [2.45, 2.75) is 0 Å². The Balaban J connectivity index is 1.19. The molecule has 43 heavy (non-hydrogen) atoms. The van der Waals surface area contributed by atoms with Gasteiger partial charge in [0.2, 0.25) is 5.89 Å². The van der Waals surface area contributed by atoms with Crippen molar-refractivity contribution in [1.82, 2.24) is 9.55 Å². The van der Waals surface area contributed by atoms with Crippen LogP contribution in [0.25, 0.3) is 93.5 Å². The molecule has 0 aliphatic carbocycles. The van der Waals surface area contributed by atoms with E-state index in [9.17, 15) is 0 Å². The number of furan rings is 1. The number of aromatic nitrogens is 2. The van der Waals surface area contributed by atoms with Gasteiger partial charge in [0.25, 0.3) is 0 Å². The molecule has 0 bridgehead atoms. The zero-order valence-corrected chi connectivity index (χ0v) is 22.9. The molecule has 0 N–H and O–H groups in total. The number of nitrogens with zero attached hydrogens (tertiary/aromatic N) is 2. The number of fused-ring (bicyclic) bond motifs is 12. The zero-order chi connectivity index (χ0) is 28.1. The highest BCUT2D eigenvalue weighted by Crippen LogP contribution is 2.41. The van der Waals surface area contributed by atoms with E-state index < -0.39 is 0 Å². The Morgan fingerprint density at radius 3 is 1.79 bits per heavy atom. The molecule has 10 aromatic rings. The van der Waals surface area contributed by atoms with E-state index in [4.69, 9.17) is 13.8 Å². The highest BCUT2D eigenvalue weighted by molar-refractivity contribution is 6.28. The van der Waals surface area contributed by atoms with Gasteiger partial charge in [-0.25, -0.2) is 4.98 Å². The van der Waals surface area contributed by atoms with Gasteiger partial charge in [-0.15, -0.1) is 0 Å². The maximum absolute atomic E-state index is 6.42. The summed E-state index contributed by atoms with van der Waals surface area (Å²) in [4.78, 5) is 4.86. The third-order valence-electron chi connectivity index (χ3n) is 8.81. The maximum Gasteiger partial charge on any atom is 0.227 e. The highest BCUT2D eigenvalue weighted by Gasteiger charge is 2.19. The summed E-state index contributed by atoms with van der Waals surface area (Å²) >= 11 is 0. The van der Waals surface area contributed by atoms with Gasteiger partial charge in [-0.3, -0.25) is 0 Å². The number of rotatable bonds is 2.